The van der Waals surface area contributed by atoms with E-state index >= 15 is 0 Å². The van der Waals surface area contributed by atoms with E-state index < -0.39 is 0 Å². The van der Waals surface area contributed by atoms with Gasteiger partial charge in [0, 0.05) is 15.8 Å². The van der Waals surface area contributed by atoms with Crippen molar-refractivity contribution >= 4 is 40.8 Å². The maximum atomic E-state index is 11.1. The molecule has 0 N–H and O–H groups in total. The Kier molecular flexibility index (Phi) is 4.91. The quantitative estimate of drug-likeness (QED) is 0.721. The monoisotopic (exact) mass is 343 g/mol. The molecule has 1 heterocycles. The summed E-state index contributed by atoms with van der Waals surface area (Å²) < 4.78 is 5.65. The maximum Gasteiger partial charge on any atom is 0.153 e. The fourth-order valence-electron chi connectivity index (χ4n) is 1.68. The summed E-state index contributed by atoms with van der Waals surface area (Å²) in [6.07, 6.45) is 0.676. The third-order valence-corrected chi connectivity index (χ3v) is 4.15. The van der Waals surface area contributed by atoms with E-state index in [4.69, 9.17) is 27.9 Å². The van der Waals surface area contributed by atoms with Crippen LogP contribution >= 0.6 is 34.5 Å². The summed E-state index contributed by atoms with van der Waals surface area (Å²) in [5, 5.41) is 3.57. The van der Waals surface area contributed by atoms with Crippen molar-refractivity contribution in [2.45, 2.75) is 32.8 Å². The van der Waals surface area contributed by atoms with E-state index in [9.17, 15) is 4.79 Å². The van der Waals surface area contributed by atoms with Crippen molar-refractivity contribution in [2.75, 3.05) is 0 Å². The number of hydrogen-bond donors (Lipinski definition) is 0. The average Bonchev–Trinajstić information content (AvgIpc) is 2.85. The highest BCUT2D eigenvalue weighted by Crippen LogP contribution is 2.32. The molecule has 0 bridgehead atoms. The number of nitrogens with zero attached hydrogens (tertiary/aromatic N) is 1. The summed E-state index contributed by atoms with van der Waals surface area (Å²) in [4.78, 5) is 15.6. The minimum Gasteiger partial charge on any atom is -0.484 e. The van der Waals surface area contributed by atoms with E-state index in [0.717, 1.165) is 10.7 Å². The molecule has 0 aliphatic heterocycles. The number of benzene rings is 1. The van der Waals surface area contributed by atoms with Crippen LogP contribution in [0.25, 0.3) is 0 Å². The second-order valence-corrected chi connectivity index (χ2v) is 7.38. The summed E-state index contributed by atoms with van der Waals surface area (Å²) in [7, 11) is 0. The van der Waals surface area contributed by atoms with Crippen molar-refractivity contribution in [1.29, 1.82) is 0 Å². The highest BCUT2D eigenvalue weighted by Gasteiger charge is 2.18. The highest BCUT2D eigenvalue weighted by molar-refractivity contribution is 7.09. The predicted molar refractivity (Wildman–Crippen MR) is 87.0 cm³/mol. The van der Waals surface area contributed by atoms with Crippen molar-refractivity contribution in [2.24, 2.45) is 0 Å². The second kappa shape index (κ2) is 6.34. The van der Waals surface area contributed by atoms with Gasteiger partial charge in [0.1, 0.15) is 17.4 Å². The minimum absolute atomic E-state index is 0.000619. The van der Waals surface area contributed by atoms with Gasteiger partial charge >= 0.3 is 0 Å². The van der Waals surface area contributed by atoms with Gasteiger partial charge in [0.05, 0.1) is 16.3 Å². The number of ether oxygens (including phenoxy) is 1. The predicted octanol–water partition coefficient (Wildman–Crippen LogP) is 5.14. The lowest BCUT2D eigenvalue weighted by molar-refractivity contribution is 0.111. The molecule has 1 aromatic carbocycles. The Labute approximate surface area is 137 Å². The van der Waals surface area contributed by atoms with Gasteiger partial charge in [0.25, 0.3) is 0 Å². The Morgan fingerprint density at radius 2 is 2.05 bits per heavy atom. The highest BCUT2D eigenvalue weighted by atomic mass is 35.5. The Bertz CT molecular complexity index is 662. The molecule has 0 aliphatic carbocycles. The van der Waals surface area contributed by atoms with Gasteiger partial charge in [-0.3, -0.25) is 4.79 Å². The SMILES string of the molecule is CC(C)(C)c1csc(COc2c(Cl)cc(Cl)cc2C=O)n1. The molecule has 21 heavy (non-hydrogen) atoms. The number of aromatic nitrogens is 1. The molecule has 2 rings (SSSR count). The van der Waals surface area contributed by atoms with E-state index in [1.54, 1.807) is 6.07 Å². The fourth-order valence-corrected chi connectivity index (χ4v) is 3.17. The number of rotatable bonds is 4. The first-order valence-corrected chi connectivity index (χ1v) is 7.96. The van der Waals surface area contributed by atoms with E-state index in [1.807, 2.05) is 5.38 Å². The van der Waals surface area contributed by atoms with Crippen molar-refractivity contribution in [3.05, 3.63) is 43.8 Å². The number of carbonyl (C=O) groups excluding carboxylic acids is 1. The molecule has 6 heteroatoms. The van der Waals surface area contributed by atoms with Crippen LogP contribution in [0.2, 0.25) is 10.0 Å². The van der Waals surface area contributed by atoms with Crippen LogP contribution < -0.4 is 4.74 Å². The Morgan fingerprint density at radius 3 is 2.62 bits per heavy atom. The Hall–Kier alpha value is -1.10. The fraction of sp³-hybridized carbons (Fsp3) is 0.333. The normalized spacial score (nSPS) is 11.5. The second-order valence-electron chi connectivity index (χ2n) is 5.59. The topological polar surface area (TPSA) is 39.2 Å². The summed E-state index contributed by atoms with van der Waals surface area (Å²) >= 11 is 13.5. The molecular weight excluding hydrogens is 329 g/mol. The molecule has 0 radical (unpaired) electrons. The molecule has 0 saturated carbocycles. The number of halogens is 2. The molecule has 0 unspecified atom stereocenters. The van der Waals surface area contributed by atoms with Crippen LogP contribution in [0.3, 0.4) is 0 Å². The lowest BCUT2D eigenvalue weighted by Gasteiger charge is -2.14. The molecule has 2 aromatic rings. The molecule has 0 fully saturated rings. The lowest BCUT2D eigenvalue weighted by atomic mass is 9.93. The average molecular weight is 344 g/mol. The van der Waals surface area contributed by atoms with E-state index in [2.05, 4.69) is 25.8 Å². The summed E-state index contributed by atoms with van der Waals surface area (Å²) in [5.41, 5.74) is 1.35. The Balaban J connectivity index is 2.17. The smallest absolute Gasteiger partial charge is 0.153 e. The first-order valence-electron chi connectivity index (χ1n) is 6.33. The third-order valence-electron chi connectivity index (χ3n) is 2.82. The number of thiazole rings is 1. The maximum absolute atomic E-state index is 11.1. The van der Waals surface area contributed by atoms with Gasteiger partial charge in [-0.25, -0.2) is 4.98 Å². The van der Waals surface area contributed by atoms with Crippen LogP contribution in [-0.2, 0) is 12.0 Å². The Morgan fingerprint density at radius 1 is 1.33 bits per heavy atom. The van der Waals surface area contributed by atoms with Crippen LogP contribution in [0.5, 0.6) is 5.75 Å². The van der Waals surface area contributed by atoms with Gasteiger partial charge in [-0.15, -0.1) is 11.3 Å². The van der Waals surface area contributed by atoms with Crippen LogP contribution in [0, 0.1) is 0 Å². The first kappa shape index (κ1) is 16.3. The molecule has 0 spiro atoms. The molecule has 0 amide bonds. The molecule has 112 valence electrons. The largest absolute Gasteiger partial charge is 0.484 e. The van der Waals surface area contributed by atoms with E-state index in [1.165, 1.54) is 17.4 Å². The summed E-state index contributed by atoms with van der Waals surface area (Å²) in [5.74, 6) is 0.337. The molecule has 0 atom stereocenters. The van der Waals surface area contributed by atoms with Crippen LogP contribution in [0.15, 0.2) is 17.5 Å². The van der Waals surface area contributed by atoms with Gasteiger partial charge in [0.2, 0.25) is 0 Å². The van der Waals surface area contributed by atoms with Gasteiger partial charge in [-0.1, -0.05) is 44.0 Å². The molecule has 0 saturated heterocycles. The summed E-state index contributed by atoms with van der Waals surface area (Å²) in [6, 6.07) is 3.08. The third kappa shape index (κ3) is 3.96. The molecular formula is C15H15Cl2NO2S. The minimum atomic E-state index is 0.000619. The van der Waals surface area contributed by atoms with Gasteiger partial charge in [0.15, 0.2) is 6.29 Å². The van der Waals surface area contributed by atoms with Crippen LogP contribution in [0.4, 0.5) is 0 Å². The van der Waals surface area contributed by atoms with Crippen molar-refractivity contribution in [3.8, 4) is 5.75 Å². The summed E-state index contributed by atoms with van der Waals surface area (Å²) in [6.45, 7) is 6.58. The molecule has 3 nitrogen and oxygen atoms in total. The zero-order chi connectivity index (χ0) is 15.6. The zero-order valence-corrected chi connectivity index (χ0v) is 14.3. The number of aldehydes is 1. The number of carbonyl (C=O) groups is 1. The van der Waals surface area contributed by atoms with E-state index in [-0.39, 0.29) is 12.0 Å². The van der Waals surface area contributed by atoms with E-state index in [0.29, 0.717) is 27.6 Å². The number of hydrogen-bond acceptors (Lipinski definition) is 4. The van der Waals surface area contributed by atoms with Crippen molar-refractivity contribution < 1.29 is 9.53 Å². The van der Waals surface area contributed by atoms with Crippen molar-refractivity contribution in [1.82, 2.24) is 4.98 Å². The molecule has 0 aliphatic rings. The van der Waals surface area contributed by atoms with Gasteiger partial charge in [-0.2, -0.15) is 0 Å². The van der Waals surface area contributed by atoms with Gasteiger partial charge in [-0.05, 0) is 12.1 Å². The zero-order valence-electron chi connectivity index (χ0n) is 11.9. The molecule has 1 aromatic heterocycles. The lowest BCUT2D eigenvalue weighted by Crippen LogP contribution is -2.11. The van der Waals surface area contributed by atoms with Crippen LogP contribution in [-0.4, -0.2) is 11.3 Å². The van der Waals surface area contributed by atoms with Crippen molar-refractivity contribution in [3.63, 3.8) is 0 Å². The van der Waals surface area contributed by atoms with Crippen LogP contribution in [0.1, 0.15) is 41.8 Å². The standard InChI is InChI=1S/C15H15Cl2NO2S/c1-15(2,3)12-8-21-13(18-12)7-20-14-9(6-19)4-10(16)5-11(14)17/h4-6,8H,7H2,1-3H3. The van der Waals surface area contributed by atoms with Gasteiger partial charge < -0.3 is 4.74 Å². The first-order chi connectivity index (χ1) is 9.81.